The minimum Gasteiger partial charge on any atom is -0.392 e. The predicted octanol–water partition coefficient (Wildman–Crippen LogP) is 2.18. The fourth-order valence-electron chi connectivity index (χ4n) is 1.81. The van der Waals surface area contributed by atoms with Gasteiger partial charge in [0.05, 0.1) is 11.5 Å². The number of rotatable bonds is 7. The van der Waals surface area contributed by atoms with Gasteiger partial charge in [-0.2, -0.15) is 0 Å². The molecule has 0 heterocycles. The number of halogens is 1. The Bertz CT molecular complexity index is 517. The molecule has 0 amide bonds. The number of hydrogen-bond acceptors (Lipinski definition) is 3. The van der Waals surface area contributed by atoms with Gasteiger partial charge in [0.15, 0.2) is 0 Å². The first kappa shape index (κ1) is 16.1. The predicted molar refractivity (Wildman–Crippen MR) is 71.6 cm³/mol. The molecule has 19 heavy (non-hydrogen) atoms. The van der Waals surface area contributed by atoms with Gasteiger partial charge in [0.25, 0.3) is 0 Å². The van der Waals surface area contributed by atoms with Gasteiger partial charge in [-0.15, -0.1) is 0 Å². The first-order valence-electron chi connectivity index (χ1n) is 6.32. The second-order valence-corrected chi connectivity index (χ2v) is 6.26. The fraction of sp³-hybridized carbons (Fsp3) is 0.538. The Morgan fingerprint density at radius 2 is 2.11 bits per heavy atom. The van der Waals surface area contributed by atoms with Crippen molar-refractivity contribution in [2.75, 3.05) is 0 Å². The van der Waals surface area contributed by atoms with Crippen LogP contribution in [-0.2, 0) is 16.6 Å². The van der Waals surface area contributed by atoms with E-state index < -0.39 is 22.4 Å². The third-order valence-corrected chi connectivity index (χ3v) is 4.51. The van der Waals surface area contributed by atoms with Gasteiger partial charge in [0.1, 0.15) is 5.82 Å². The number of sulfonamides is 1. The summed E-state index contributed by atoms with van der Waals surface area (Å²) in [5, 5.41) is 9.13. The molecule has 2 N–H and O–H groups in total. The molecule has 0 aliphatic heterocycles. The van der Waals surface area contributed by atoms with Crippen LogP contribution in [0.1, 0.15) is 38.7 Å². The lowest BCUT2D eigenvalue weighted by molar-refractivity contribution is 0.278. The summed E-state index contributed by atoms with van der Waals surface area (Å²) < 4.78 is 40.0. The summed E-state index contributed by atoms with van der Waals surface area (Å²) in [6.45, 7) is 3.35. The number of aliphatic hydroxyl groups is 1. The molecule has 1 rings (SSSR count). The van der Waals surface area contributed by atoms with Gasteiger partial charge >= 0.3 is 0 Å². The smallest absolute Gasteiger partial charge is 0.241 e. The van der Waals surface area contributed by atoms with Crippen LogP contribution in [-0.4, -0.2) is 19.6 Å². The van der Waals surface area contributed by atoms with E-state index in [1.165, 1.54) is 6.07 Å². The number of hydrogen-bond donors (Lipinski definition) is 2. The van der Waals surface area contributed by atoms with Crippen LogP contribution in [0.2, 0.25) is 0 Å². The summed E-state index contributed by atoms with van der Waals surface area (Å²) >= 11 is 0. The Hall–Kier alpha value is -0.980. The summed E-state index contributed by atoms with van der Waals surface area (Å²) in [6, 6.07) is 3.12. The van der Waals surface area contributed by atoms with Gasteiger partial charge in [-0.25, -0.2) is 17.5 Å². The van der Waals surface area contributed by atoms with Crippen LogP contribution in [0, 0.1) is 5.82 Å². The minimum atomic E-state index is -3.81. The molecule has 4 nitrogen and oxygen atoms in total. The van der Waals surface area contributed by atoms with Crippen LogP contribution in [0.3, 0.4) is 0 Å². The lowest BCUT2D eigenvalue weighted by Crippen LogP contribution is -2.33. The molecule has 1 unspecified atom stereocenters. The molecule has 0 aliphatic rings. The normalized spacial score (nSPS) is 13.5. The SMILES string of the molecule is CCCCC(C)NS(=O)(=O)c1cc(F)ccc1CO. The van der Waals surface area contributed by atoms with E-state index in [1.54, 1.807) is 6.92 Å². The highest BCUT2D eigenvalue weighted by molar-refractivity contribution is 7.89. The summed E-state index contributed by atoms with van der Waals surface area (Å²) in [6.07, 6.45) is 2.62. The highest BCUT2D eigenvalue weighted by Gasteiger charge is 2.21. The van der Waals surface area contributed by atoms with Gasteiger partial charge in [0.2, 0.25) is 10.0 Å². The van der Waals surface area contributed by atoms with Crippen molar-refractivity contribution in [2.24, 2.45) is 0 Å². The van der Waals surface area contributed by atoms with Gasteiger partial charge in [-0.1, -0.05) is 25.8 Å². The van der Waals surface area contributed by atoms with Crippen LogP contribution in [0.15, 0.2) is 23.1 Å². The molecule has 0 fully saturated rings. The molecule has 0 saturated heterocycles. The second-order valence-electron chi connectivity index (χ2n) is 4.57. The zero-order valence-electron chi connectivity index (χ0n) is 11.2. The molecule has 108 valence electrons. The van der Waals surface area contributed by atoms with Crippen molar-refractivity contribution in [3.8, 4) is 0 Å². The summed E-state index contributed by atoms with van der Waals surface area (Å²) in [5.74, 6) is -0.640. The van der Waals surface area contributed by atoms with Gasteiger partial charge in [-0.05, 0) is 31.0 Å². The first-order valence-corrected chi connectivity index (χ1v) is 7.80. The monoisotopic (exact) mass is 289 g/mol. The molecule has 0 radical (unpaired) electrons. The largest absolute Gasteiger partial charge is 0.392 e. The Kier molecular flexibility index (Phi) is 5.90. The van der Waals surface area contributed by atoms with Crippen molar-refractivity contribution in [2.45, 2.75) is 50.7 Å². The van der Waals surface area contributed by atoms with E-state index in [0.717, 1.165) is 31.4 Å². The highest BCUT2D eigenvalue weighted by atomic mass is 32.2. The maximum Gasteiger partial charge on any atom is 0.241 e. The van der Waals surface area contributed by atoms with Crippen molar-refractivity contribution < 1.29 is 17.9 Å². The number of benzene rings is 1. The summed E-state index contributed by atoms with van der Waals surface area (Å²) in [5.41, 5.74) is 0.191. The summed E-state index contributed by atoms with van der Waals surface area (Å²) in [7, 11) is -3.81. The average molecular weight is 289 g/mol. The molecule has 0 bridgehead atoms. The topological polar surface area (TPSA) is 66.4 Å². The molecule has 6 heteroatoms. The molecule has 0 aromatic heterocycles. The van der Waals surface area contributed by atoms with Crippen LogP contribution < -0.4 is 4.72 Å². The standard InChI is InChI=1S/C13H20FNO3S/c1-3-4-5-10(2)15-19(17,18)13-8-12(14)7-6-11(13)9-16/h6-8,10,15-16H,3-5,9H2,1-2H3. The third-order valence-electron chi connectivity index (χ3n) is 2.84. The van der Waals surface area contributed by atoms with Crippen LogP contribution in [0.4, 0.5) is 4.39 Å². The van der Waals surface area contributed by atoms with Gasteiger partial charge in [0, 0.05) is 6.04 Å². The van der Waals surface area contributed by atoms with Crippen molar-refractivity contribution >= 4 is 10.0 Å². The van der Waals surface area contributed by atoms with E-state index in [2.05, 4.69) is 4.72 Å². The van der Waals surface area contributed by atoms with Crippen molar-refractivity contribution in [3.63, 3.8) is 0 Å². The molecule has 0 spiro atoms. The van der Waals surface area contributed by atoms with E-state index in [1.807, 2.05) is 6.92 Å². The zero-order chi connectivity index (χ0) is 14.5. The quantitative estimate of drug-likeness (QED) is 0.808. The Labute approximate surface area is 113 Å². The second kappa shape index (κ2) is 6.98. The minimum absolute atomic E-state index is 0.191. The van der Waals surface area contributed by atoms with Crippen LogP contribution in [0.5, 0.6) is 0 Å². The van der Waals surface area contributed by atoms with E-state index in [4.69, 9.17) is 5.11 Å². The lowest BCUT2D eigenvalue weighted by Gasteiger charge is -2.15. The molecular weight excluding hydrogens is 269 g/mol. The molecule has 1 atom stereocenters. The number of nitrogens with one attached hydrogen (secondary N) is 1. The number of aliphatic hydroxyl groups excluding tert-OH is 1. The van der Waals surface area contributed by atoms with Crippen LogP contribution in [0.25, 0.3) is 0 Å². The van der Waals surface area contributed by atoms with E-state index in [9.17, 15) is 12.8 Å². The maximum atomic E-state index is 13.2. The Morgan fingerprint density at radius 1 is 1.42 bits per heavy atom. The fourth-order valence-corrected chi connectivity index (χ4v) is 3.33. The van der Waals surface area contributed by atoms with E-state index in [-0.39, 0.29) is 16.5 Å². The average Bonchev–Trinajstić information content (AvgIpc) is 2.35. The highest BCUT2D eigenvalue weighted by Crippen LogP contribution is 2.18. The molecular formula is C13H20FNO3S. The molecule has 0 aliphatic carbocycles. The number of unbranched alkanes of at least 4 members (excludes halogenated alkanes) is 1. The zero-order valence-corrected chi connectivity index (χ0v) is 12.0. The van der Waals surface area contributed by atoms with Crippen LogP contribution >= 0.6 is 0 Å². The lowest BCUT2D eigenvalue weighted by atomic mass is 10.2. The summed E-state index contributed by atoms with van der Waals surface area (Å²) in [4.78, 5) is -0.196. The van der Waals surface area contributed by atoms with E-state index in [0.29, 0.717) is 0 Å². The Morgan fingerprint density at radius 3 is 2.68 bits per heavy atom. The van der Waals surface area contributed by atoms with Gasteiger partial charge in [-0.3, -0.25) is 0 Å². The first-order chi connectivity index (χ1) is 8.90. The molecule has 0 saturated carbocycles. The van der Waals surface area contributed by atoms with Crippen molar-refractivity contribution in [1.29, 1.82) is 0 Å². The molecule has 1 aromatic carbocycles. The maximum absolute atomic E-state index is 13.2. The van der Waals surface area contributed by atoms with E-state index >= 15 is 0 Å². The molecule has 1 aromatic rings. The Balaban J connectivity index is 2.96. The van der Waals surface area contributed by atoms with Crippen molar-refractivity contribution in [1.82, 2.24) is 4.72 Å². The van der Waals surface area contributed by atoms with Gasteiger partial charge < -0.3 is 5.11 Å². The third kappa shape index (κ3) is 4.56. The van der Waals surface area contributed by atoms with Crippen molar-refractivity contribution in [3.05, 3.63) is 29.6 Å².